The molecule has 0 saturated heterocycles. The summed E-state index contributed by atoms with van der Waals surface area (Å²) < 4.78 is 0. The lowest BCUT2D eigenvalue weighted by molar-refractivity contribution is 0.176. The zero-order valence-corrected chi connectivity index (χ0v) is 16.5. The van der Waals surface area contributed by atoms with Gasteiger partial charge in [-0.1, -0.05) is 111 Å². The molecule has 0 rings (SSSR count). The van der Waals surface area contributed by atoms with E-state index in [-0.39, 0.29) is 0 Å². The van der Waals surface area contributed by atoms with E-state index in [2.05, 4.69) is 27.7 Å². The molecule has 0 fully saturated rings. The molecular weight excluding hydrogens is 264 g/mol. The average molecular weight is 311 g/mol. The van der Waals surface area contributed by atoms with Crippen LogP contribution < -0.4 is 0 Å². The van der Waals surface area contributed by atoms with Gasteiger partial charge in [0.05, 0.1) is 0 Å². The minimum Gasteiger partial charge on any atom is -0.0654 e. The molecule has 0 aromatic heterocycles. The molecule has 0 aliphatic rings. The molecule has 0 radical (unpaired) electrons. The second-order valence-corrected chi connectivity index (χ2v) is 7.68. The van der Waals surface area contributed by atoms with E-state index in [0.717, 1.165) is 0 Å². The van der Waals surface area contributed by atoms with Gasteiger partial charge in [0.25, 0.3) is 0 Å². The molecule has 0 N–H and O–H groups in total. The first-order chi connectivity index (χ1) is 10.7. The molecule has 0 saturated carbocycles. The van der Waals surface area contributed by atoms with Crippen molar-refractivity contribution in [1.82, 2.24) is 0 Å². The van der Waals surface area contributed by atoms with Crippen LogP contribution in [0.3, 0.4) is 0 Å². The first kappa shape index (κ1) is 22.0. The van der Waals surface area contributed by atoms with E-state index in [1.807, 2.05) is 0 Å². The minimum atomic E-state index is 0.698. The third-order valence-electron chi connectivity index (χ3n) is 5.46. The van der Waals surface area contributed by atoms with E-state index < -0.39 is 0 Å². The molecule has 0 aliphatic carbocycles. The van der Waals surface area contributed by atoms with Crippen LogP contribution in [0.1, 0.15) is 137 Å². The average Bonchev–Trinajstić information content (AvgIpc) is 2.53. The van der Waals surface area contributed by atoms with Gasteiger partial charge in [-0.2, -0.15) is 0 Å². The number of hydrogen-bond donors (Lipinski definition) is 0. The summed E-state index contributed by atoms with van der Waals surface area (Å²) in [5, 5.41) is 0. The van der Waals surface area contributed by atoms with Crippen molar-refractivity contribution >= 4 is 0 Å². The molecule has 22 heavy (non-hydrogen) atoms. The van der Waals surface area contributed by atoms with Gasteiger partial charge in [-0.15, -0.1) is 0 Å². The van der Waals surface area contributed by atoms with Crippen LogP contribution in [0.25, 0.3) is 0 Å². The fraction of sp³-hybridized carbons (Fsp3) is 1.00. The molecule has 134 valence electrons. The molecule has 0 spiro atoms. The van der Waals surface area contributed by atoms with Crippen LogP contribution in [0.2, 0.25) is 0 Å². The Morgan fingerprint density at radius 3 is 1.00 bits per heavy atom. The first-order valence-corrected chi connectivity index (χ1v) is 10.7. The summed E-state index contributed by atoms with van der Waals surface area (Å²) >= 11 is 0. The van der Waals surface area contributed by atoms with Gasteiger partial charge in [0.1, 0.15) is 0 Å². The fourth-order valence-electron chi connectivity index (χ4n) is 4.06. The summed E-state index contributed by atoms with van der Waals surface area (Å²) in [6.45, 7) is 9.39. The maximum absolute atomic E-state index is 2.40. The lowest BCUT2D eigenvalue weighted by Gasteiger charge is -2.35. The third-order valence-corrected chi connectivity index (χ3v) is 5.46. The van der Waals surface area contributed by atoms with E-state index in [0.29, 0.717) is 5.41 Å². The summed E-state index contributed by atoms with van der Waals surface area (Å²) in [4.78, 5) is 0. The van der Waals surface area contributed by atoms with E-state index >= 15 is 0 Å². The Kier molecular flexibility index (Phi) is 15.9. The number of rotatable bonds is 17. The standard InChI is InChI=1S/C22H46/c1-5-9-12-15-19-22(18-8-4,20-16-13-10-6-2)21-17-14-11-7-3/h5-21H2,1-4H3. The lowest BCUT2D eigenvalue weighted by atomic mass is 9.71. The predicted octanol–water partition coefficient (Wildman–Crippen LogP) is 8.68. The van der Waals surface area contributed by atoms with Crippen molar-refractivity contribution in [3.8, 4) is 0 Å². The SMILES string of the molecule is CCCCCCC(CCC)(CCCCCC)CCCCCC. The van der Waals surface area contributed by atoms with Crippen molar-refractivity contribution in [1.29, 1.82) is 0 Å². The van der Waals surface area contributed by atoms with Crippen molar-refractivity contribution in [2.24, 2.45) is 5.41 Å². The predicted molar refractivity (Wildman–Crippen MR) is 104 cm³/mol. The monoisotopic (exact) mass is 310 g/mol. The summed E-state index contributed by atoms with van der Waals surface area (Å²) in [5.41, 5.74) is 0.698. The van der Waals surface area contributed by atoms with Crippen LogP contribution in [0, 0.1) is 5.41 Å². The zero-order chi connectivity index (χ0) is 16.5. The molecular formula is C22H46. The molecule has 0 bridgehead atoms. The Bertz CT molecular complexity index is 175. The Morgan fingerprint density at radius 2 is 0.727 bits per heavy atom. The highest BCUT2D eigenvalue weighted by molar-refractivity contribution is 4.79. The molecule has 0 heterocycles. The second-order valence-electron chi connectivity index (χ2n) is 7.68. The van der Waals surface area contributed by atoms with E-state index in [1.54, 1.807) is 0 Å². The van der Waals surface area contributed by atoms with Crippen LogP contribution in [0.5, 0.6) is 0 Å². The van der Waals surface area contributed by atoms with Crippen LogP contribution >= 0.6 is 0 Å². The summed E-state index contributed by atoms with van der Waals surface area (Å²) in [6, 6.07) is 0. The molecule has 0 unspecified atom stereocenters. The van der Waals surface area contributed by atoms with Gasteiger partial charge >= 0.3 is 0 Å². The van der Waals surface area contributed by atoms with Crippen molar-refractivity contribution < 1.29 is 0 Å². The highest BCUT2D eigenvalue weighted by Crippen LogP contribution is 2.41. The van der Waals surface area contributed by atoms with Gasteiger partial charge in [0.2, 0.25) is 0 Å². The second kappa shape index (κ2) is 15.9. The van der Waals surface area contributed by atoms with Crippen molar-refractivity contribution in [3.05, 3.63) is 0 Å². The smallest absolute Gasteiger partial charge is 0.0298 e. The quantitative estimate of drug-likeness (QED) is 0.236. The van der Waals surface area contributed by atoms with E-state index in [9.17, 15) is 0 Å². The van der Waals surface area contributed by atoms with Crippen LogP contribution in [-0.2, 0) is 0 Å². The molecule has 0 amide bonds. The molecule has 0 aliphatic heterocycles. The van der Waals surface area contributed by atoms with Gasteiger partial charge in [-0.25, -0.2) is 0 Å². The highest BCUT2D eigenvalue weighted by Gasteiger charge is 2.27. The largest absolute Gasteiger partial charge is 0.0654 e. The molecule has 0 aromatic rings. The normalized spacial score (nSPS) is 12.0. The number of unbranched alkanes of at least 4 members (excludes halogenated alkanes) is 9. The van der Waals surface area contributed by atoms with Crippen molar-refractivity contribution in [2.45, 2.75) is 137 Å². The van der Waals surface area contributed by atoms with Crippen LogP contribution in [-0.4, -0.2) is 0 Å². The Balaban J connectivity index is 4.39. The molecule has 0 aromatic carbocycles. The van der Waals surface area contributed by atoms with Gasteiger partial charge in [0, 0.05) is 0 Å². The van der Waals surface area contributed by atoms with E-state index in [1.165, 1.54) is 109 Å². The topological polar surface area (TPSA) is 0 Å². The fourth-order valence-corrected chi connectivity index (χ4v) is 4.06. The highest BCUT2D eigenvalue weighted by atomic mass is 14.3. The van der Waals surface area contributed by atoms with Gasteiger partial charge in [0.15, 0.2) is 0 Å². The summed E-state index contributed by atoms with van der Waals surface area (Å²) in [6.07, 6.45) is 24.7. The first-order valence-electron chi connectivity index (χ1n) is 10.7. The Hall–Kier alpha value is 0. The van der Waals surface area contributed by atoms with Crippen LogP contribution in [0.15, 0.2) is 0 Å². The lowest BCUT2D eigenvalue weighted by Crippen LogP contribution is -2.21. The zero-order valence-electron chi connectivity index (χ0n) is 16.5. The third kappa shape index (κ3) is 11.6. The minimum absolute atomic E-state index is 0.698. The summed E-state index contributed by atoms with van der Waals surface area (Å²) in [5.74, 6) is 0. The van der Waals surface area contributed by atoms with Gasteiger partial charge < -0.3 is 0 Å². The maximum Gasteiger partial charge on any atom is -0.0298 e. The maximum atomic E-state index is 2.40. The van der Waals surface area contributed by atoms with E-state index in [4.69, 9.17) is 0 Å². The molecule has 0 nitrogen and oxygen atoms in total. The summed E-state index contributed by atoms with van der Waals surface area (Å²) in [7, 11) is 0. The van der Waals surface area contributed by atoms with Gasteiger partial charge in [-0.3, -0.25) is 0 Å². The number of hydrogen-bond acceptors (Lipinski definition) is 0. The van der Waals surface area contributed by atoms with Crippen molar-refractivity contribution in [2.75, 3.05) is 0 Å². The Labute approximate surface area is 142 Å². The van der Waals surface area contributed by atoms with Gasteiger partial charge in [-0.05, 0) is 31.1 Å². The molecule has 0 heteroatoms. The van der Waals surface area contributed by atoms with Crippen molar-refractivity contribution in [3.63, 3.8) is 0 Å². The van der Waals surface area contributed by atoms with Crippen LogP contribution in [0.4, 0.5) is 0 Å². The Morgan fingerprint density at radius 1 is 0.364 bits per heavy atom. The molecule has 0 atom stereocenters.